The van der Waals surface area contributed by atoms with Crippen LogP contribution >= 0.6 is 0 Å². The third kappa shape index (κ3) is 2.50. The number of aliphatic hydroxyl groups is 1. The van der Waals surface area contributed by atoms with E-state index in [4.69, 9.17) is 5.73 Å². The number of aliphatic hydroxyl groups excluding tert-OH is 1. The molecule has 92 valence electrons. The van der Waals surface area contributed by atoms with E-state index in [0.717, 1.165) is 12.8 Å². The molecule has 1 aliphatic rings. The minimum atomic E-state index is -0.810. The Bertz CT molecular complexity index is 401. The molecule has 1 heterocycles. The topological polar surface area (TPSA) is 89.1 Å². The van der Waals surface area contributed by atoms with Crippen LogP contribution in [0, 0.1) is 0 Å². The van der Waals surface area contributed by atoms with Crippen LogP contribution in [0.3, 0.4) is 0 Å². The summed E-state index contributed by atoms with van der Waals surface area (Å²) < 4.78 is 0. The van der Waals surface area contributed by atoms with Gasteiger partial charge in [0.1, 0.15) is 5.82 Å². The second-order valence-corrected chi connectivity index (χ2v) is 4.76. The molecule has 0 saturated heterocycles. The molecule has 0 spiro atoms. The highest BCUT2D eigenvalue weighted by Gasteiger charge is 2.49. The number of nitrogens with zero attached hydrogens (tertiary/aromatic N) is 2. The molecule has 1 aliphatic carbocycles. The SMILES string of the molecule is C[C@@H](O)[C@H](N)C(=O)CC1(c2ncccn2)CC1. The van der Waals surface area contributed by atoms with Crippen molar-refractivity contribution in [2.75, 3.05) is 0 Å². The summed E-state index contributed by atoms with van der Waals surface area (Å²) in [6.45, 7) is 1.53. The molecule has 1 aromatic rings. The van der Waals surface area contributed by atoms with Gasteiger partial charge in [0.05, 0.1) is 12.1 Å². The molecule has 1 saturated carbocycles. The van der Waals surface area contributed by atoms with Crippen molar-refractivity contribution in [1.29, 1.82) is 0 Å². The van der Waals surface area contributed by atoms with Crippen LogP contribution in [0.5, 0.6) is 0 Å². The van der Waals surface area contributed by atoms with Crippen molar-refractivity contribution in [2.45, 2.75) is 43.7 Å². The van der Waals surface area contributed by atoms with Crippen molar-refractivity contribution in [1.82, 2.24) is 9.97 Å². The van der Waals surface area contributed by atoms with Crippen molar-refractivity contribution < 1.29 is 9.90 Å². The van der Waals surface area contributed by atoms with E-state index >= 15 is 0 Å². The first-order valence-corrected chi connectivity index (χ1v) is 5.79. The molecular formula is C12H17N3O2. The highest BCUT2D eigenvalue weighted by molar-refractivity contribution is 5.86. The maximum atomic E-state index is 11.9. The first-order chi connectivity index (χ1) is 8.05. The lowest BCUT2D eigenvalue weighted by Gasteiger charge is -2.17. The summed E-state index contributed by atoms with van der Waals surface area (Å²) >= 11 is 0. The van der Waals surface area contributed by atoms with Crippen LogP contribution in [-0.4, -0.2) is 33.0 Å². The molecule has 17 heavy (non-hydrogen) atoms. The van der Waals surface area contributed by atoms with Gasteiger partial charge in [-0.1, -0.05) is 0 Å². The van der Waals surface area contributed by atoms with Crippen LogP contribution in [0.4, 0.5) is 0 Å². The smallest absolute Gasteiger partial charge is 0.153 e. The molecule has 1 fully saturated rings. The zero-order chi connectivity index (χ0) is 12.5. The highest BCUT2D eigenvalue weighted by Crippen LogP contribution is 2.49. The molecular weight excluding hydrogens is 218 g/mol. The minimum Gasteiger partial charge on any atom is -0.391 e. The second kappa shape index (κ2) is 4.50. The summed E-state index contributed by atoms with van der Waals surface area (Å²) in [7, 11) is 0. The molecule has 2 rings (SSSR count). The molecule has 0 bridgehead atoms. The van der Waals surface area contributed by atoms with Gasteiger partial charge >= 0.3 is 0 Å². The van der Waals surface area contributed by atoms with E-state index in [0.29, 0.717) is 12.2 Å². The van der Waals surface area contributed by atoms with Crippen molar-refractivity contribution in [3.63, 3.8) is 0 Å². The normalized spacial score (nSPS) is 20.6. The summed E-state index contributed by atoms with van der Waals surface area (Å²) in [5.41, 5.74) is 5.40. The number of carbonyl (C=O) groups excluding carboxylic acids is 1. The predicted molar refractivity (Wildman–Crippen MR) is 62.2 cm³/mol. The number of aromatic nitrogens is 2. The first kappa shape index (κ1) is 12.1. The fourth-order valence-electron chi connectivity index (χ4n) is 1.92. The third-order valence-electron chi connectivity index (χ3n) is 3.30. The quantitative estimate of drug-likeness (QED) is 0.759. The van der Waals surface area contributed by atoms with Crippen LogP contribution in [0.15, 0.2) is 18.5 Å². The van der Waals surface area contributed by atoms with E-state index < -0.39 is 12.1 Å². The van der Waals surface area contributed by atoms with Gasteiger partial charge in [-0.3, -0.25) is 4.79 Å². The van der Waals surface area contributed by atoms with Gasteiger partial charge in [-0.2, -0.15) is 0 Å². The van der Waals surface area contributed by atoms with E-state index in [2.05, 4.69) is 9.97 Å². The second-order valence-electron chi connectivity index (χ2n) is 4.76. The monoisotopic (exact) mass is 235 g/mol. The molecule has 0 unspecified atom stereocenters. The van der Waals surface area contributed by atoms with Crippen molar-refractivity contribution >= 4 is 5.78 Å². The summed E-state index contributed by atoms with van der Waals surface area (Å²) in [5, 5.41) is 9.30. The van der Waals surface area contributed by atoms with Gasteiger partial charge in [0, 0.05) is 24.2 Å². The average molecular weight is 235 g/mol. The Labute approximate surface area is 100 Å². The third-order valence-corrected chi connectivity index (χ3v) is 3.30. The van der Waals surface area contributed by atoms with Crippen LogP contribution in [0.2, 0.25) is 0 Å². The van der Waals surface area contributed by atoms with Gasteiger partial charge in [0.2, 0.25) is 0 Å². The standard InChI is InChI=1S/C12H17N3O2/c1-8(16)10(13)9(17)7-12(3-4-12)11-14-5-2-6-15-11/h2,5-6,8,10,16H,3-4,7,13H2,1H3/t8-,10+/m1/s1. The fourth-order valence-corrected chi connectivity index (χ4v) is 1.92. The molecule has 0 aromatic carbocycles. The summed E-state index contributed by atoms with van der Waals surface area (Å²) in [6, 6.07) is 0.944. The lowest BCUT2D eigenvalue weighted by atomic mass is 9.93. The Morgan fingerprint density at radius 3 is 2.59 bits per heavy atom. The van der Waals surface area contributed by atoms with E-state index in [9.17, 15) is 9.90 Å². The lowest BCUT2D eigenvalue weighted by Crippen LogP contribution is -2.41. The van der Waals surface area contributed by atoms with Gasteiger partial charge in [-0.25, -0.2) is 9.97 Å². The Kier molecular flexibility index (Phi) is 3.22. The van der Waals surface area contributed by atoms with E-state index in [-0.39, 0.29) is 11.2 Å². The number of nitrogens with two attached hydrogens (primary N) is 1. The van der Waals surface area contributed by atoms with E-state index in [1.165, 1.54) is 6.92 Å². The Hall–Kier alpha value is -1.33. The number of carbonyl (C=O) groups is 1. The van der Waals surface area contributed by atoms with Crippen molar-refractivity contribution in [3.05, 3.63) is 24.3 Å². The molecule has 0 radical (unpaired) electrons. The van der Waals surface area contributed by atoms with Gasteiger partial charge in [0.15, 0.2) is 5.78 Å². The molecule has 5 heteroatoms. The number of ketones is 1. The lowest BCUT2D eigenvalue weighted by molar-refractivity contribution is -0.123. The molecule has 0 amide bonds. The van der Waals surface area contributed by atoms with Gasteiger partial charge in [-0.15, -0.1) is 0 Å². The van der Waals surface area contributed by atoms with Crippen LogP contribution < -0.4 is 5.73 Å². The van der Waals surface area contributed by atoms with Gasteiger partial charge in [-0.05, 0) is 25.8 Å². The summed E-state index contributed by atoms with van der Waals surface area (Å²) in [4.78, 5) is 20.3. The average Bonchev–Trinajstić information content (AvgIpc) is 3.10. The number of hydrogen-bond donors (Lipinski definition) is 2. The van der Waals surface area contributed by atoms with Crippen molar-refractivity contribution in [3.8, 4) is 0 Å². The van der Waals surface area contributed by atoms with Crippen molar-refractivity contribution in [2.24, 2.45) is 5.73 Å². The fraction of sp³-hybridized carbons (Fsp3) is 0.583. The predicted octanol–water partition coefficient (Wildman–Crippen LogP) is 0.175. The Balaban J connectivity index is 2.07. The molecule has 1 aromatic heterocycles. The first-order valence-electron chi connectivity index (χ1n) is 5.79. The van der Waals surface area contributed by atoms with Crippen LogP contribution in [0.25, 0.3) is 0 Å². The zero-order valence-corrected chi connectivity index (χ0v) is 9.84. The summed E-state index contributed by atoms with van der Waals surface area (Å²) in [5.74, 6) is 0.594. The van der Waals surface area contributed by atoms with Crippen LogP contribution in [0.1, 0.15) is 32.0 Å². The Morgan fingerprint density at radius 2 is 2.12 bits per heavy atom. The molecule has 5 nitrogen and oxygen atoms in total. The van der Waals surface area contributed by atoms with E-state index in [1.807, 2.05) is 0 Å². The maximum absolute atomic E-state index is 11.9. The zero-order valence-electron chi connectivity index (χ0n) is 9.84. The molecule has 0 aliphatic heterocycles. The van der Waals surface area contributed by atoms with Crippen LogP contribution in [-0.2, 0) is 10.2 Å². The number of hydrogen-bond acceptors (Lipinski definition) is 5. The minimum absolute atomic E-state index is 0.120. The highest BCUT2D eigenvalue weighted by atomic mass is 16.3. The number of rotatable bonds is 5. The van der Waals surface area contributed by atoms with Gasteiger partial charge in [0.25, 0.3) is 0 Å². The Morgan fingerprint density at radius 1 is 1.53 bits per heavy atom. The summed E-state index contributed by atoms with van der Waals surface area (Å²) in [6.07, 6.45) is 4.70. The maximum Gasteiger partial charge on any atom is 0.153 e. The van der Waals surface area contributed by atoms with E-state index in [1.54, 1.807) is 18.5 Å². The molecule has 3 N–H and O–H groups in total. The largest absolute Gasteiger partial charge is 0.391 e. The van der Waals surface area contributed by atoms with Gasteiger partial charge < -0.3 is 10.8 Å². The molecule has 2 atom stereocenters. The number of Topliss-reactive ketones (excluding diaryl/α,β-unsaturated/α-hetero) is 1.